The average Bonchev–Trinajstić information content (AvgIpc) is 3.04. The topological polar surface area (TPSA) is 50.6 Å². The van der Waals surface area contributed by atoms with E-state index in [9.17, 15) is 4.79 Å². The van der Waals surface area contributed by atoms with Crippen molar-refractivity contribution in [1.29, 1.82) is 0 Å². The van der Waals surface area contributed by atoms with Crippen LogP contribution in [0, 0.1) is 5.92 Å². The summed E-state index contributed by atoms with van der Waals surface area (Å²) in [5.74, 6) is -0.129. The summed E-state index contributed by atoms with van der Waals surface area (Å²) < 4.78 is 7.25. The van der Waals surface area contributed by atoms with E-state index >= 15 is 0 Å². The highest BCUT2D eigenvalue weighted by Gasteiger charge is 2.29. The minimum atomic E-state index is -0.0806. The predicted molar refractivity (Wildman–Crippen MR) is 106 cm³/mol. The van der Waals surface area contributed by atoms with Crippen molar-refractivity contribution in [3.63, 3.8) is 0 Å². The minimum Gasteiger partial charge on any atom is -0.466 e. The highest BCUT2D eigenvalue weighted by molar-refractivity contribution is 14.2. The third kappa shape index (κ3) is 3.50. The van der Waals surface area contributed by atoms with Gasteiger partial charge in [-0.15, -0.1) is 0 Å². The Kier molecular flexibility index (Phi) is 5.88. The summed E-state index contributed by atoms with van der Waals surface area (Å²) in [6.07, 6.45) is 5.76. The van der Waals surface area contributed by atoms with Crippen LogP contribution in [0.5, 0.6) is 0 Å². The molecule has 1 aliphatic rings. The maximum atomic E-state index is 12.1. The first-order valence-electron chi connectivity index (χ1n) is 8.06. The summed E-state index contributed by atoms with van der Waals surface area (Å²) in [4.78, 5) is 16.6. The Hall–Kier alpha value is -1.00. The lowest BCUT2D eigenvalue weighted by Crippen LogP contribution is -2.48. The van der Waals surface area contributed by atoms with Gasteiger partial charge in [-0.2, -0.15) is 0 Å². The normalized spacial score (nSPS) is 18.7. The highest BCUT2D eigenvalue weighted by Crippen LogP contribution is 2.31. The van der Waals surface area contributed by atoms with E-state index in [0.29, 0.717) is 13.2 Å². The van der Waals surface area contributed by atoms with Gasteiger partial charge in [-0.1, -0.05) is 0 Å². The number of carbonyl (C=O) groups excluding carboxylic acids is 1. The van der Waals surface area contributed by atoms with E-state index in [1.165, 1.54) is 0 Å². The van der Waals surface area contributed by atoms with Gasteiger partial charge in [0.1, 0.15) is 0 Å². The fourth-order valence-electron chi connectivity index (χ4n) is 3.17. The van der Waals surface area contributed by atoms with Crippen LogP contribution >= 0.6 is 30.3 Å². The molecule has 6 nitrogen and oxygen atoms in total. The van der Waals surface area contributed by atoms with Gasteiger partial charge < -0.3 is 9.75 Å². The molecular formula is C16H21IN4O2S. The molecule has 0 saturated carbocycles. The maximum Gasteiger partial charge on any atom is 0.310 e. The molecule has 0 aliphatic carbocycles. The van der Waals surface area contributed by atoms with Crippen LogP contribution in [-0.2, 0) is 9.53 Å². The van der Waals surface area contributed by atoms with Gasteiger partial charge in [0, 0.05) is 68.2 Å². The number of pyridine rings is 1. The number of esters is 1. The van der Waals surface area contributed by atoms with E-state index in [-0.39, 0.29) is 11.9 Å². The number of carbonyl (C=O) groups is 1. The number of ether oxygens (including phenoxy) is 1. The standard InChI is InChI=1S/C16H21IN4O2S/c1-3-23-16(22)12-5-4-9-20(11-12)19(2)14-6-8-18-15-13(14)7-10-21(15)24-17/h6-8,10,12H,3-5,9,11H2,1-2H3. The third-order valence-electron chi connectivity index (χ3n) is 4.40. The van der Waals surface area contributed by atoms with Crippen molar-refractivity contribution in [1.82, 2.24) is 14.0 Å². The Morgan fingerprint density at radius 3 is 3.12 bits per heavy atom. The van der Waals surface area contributed by atoms with Gasteiger partial charge in [-0.25, -0.2) is 9.99 Å². The van der Waals surface area contributed by atoms with E-state index in [2.05, 4.69) is 49.3 Å². The van der Waals surface area contributed by atoms with Gasteiger partial charge in [-0.3, -0.25) is 8.77 Å². The number of aromatic nitrogens is 2. The van der Waals surface area contributed by atoms with Crippen molar-refractivity contribution in [2.45, 2.75) is 19.8 Å². The largest absolute Gasteiger partial charge is 0.466 e. The van der Waals surface area contributed by atoms with E-state index in [1.54, 1.807) is 9.12 Å². The number of hydrogen-bond donors (Lipinski definition) is 0. The predicted octanol–water partition coefficient (Wildman–Crippen LogP) is 3.51. The summed E-state index contributed by atoms with van der Waals surface area (Å²) in [5.41, 5.74) is 2.06. The average molecular weight is 460 g/mol. The molecule has 3 rings (SSSR count). The number of anilines is 1. The molecule has 130 valence electrons. The molecular weight excluding hydrogens is 439 g/mol. The van der Waals surface area contributed by atoms with E-state index in [0.717, 1.165) is 36.1 Å². The van der Waals surface area contributed by atoms with Gasteiger partial charge >= 0.3 is 5.97 Å². The fourth-order valence-corrected chi connectivity index (χ4v) is 4.44. The van der Waals surface area contributed by atoms with Crippen LogP contribution in [0.4, 0.5) is 5.69 Å². The van der Waals surface area contributed by atoms with Crippen LogP contribution < -0.4 is 5.01 Å². The van der Waals surface area contributed by atoms with Crippen molar-refractivity contribution in [2.75, 3.05) is 31.8 Å². The zero-order valence-corrected chi connectivity index (χ0v) is 16.8. The lowest BCUT2D eigenvalue weighted by molar-refractivity contribution is -0.149. The highest BCUT2D eigenvalue weighted by atomic mass is 127. The molecule has 1 unspecified atom stereocenters. The number of hydrazine groups is 1. The number of nitrogens with zero attached hydrogens (tertiary/aromatic N) is 4. The number of piperidine rings is 1. The molecule has 1 aliphatic heterocycles. The molecule has 0 N–H and O–H groups in total. The number of halogens is 1. The molecule has 2 aromatic rings. The number of hydrogen-bond acceptors (Lipinski definition) is 6. The van der Waals surface area contributed by atoms with Crippen LogP contribution in [0.15, 0.2) is 24.5 Å². The fraction of sp³-hybridized carbons (Fsp3) is 0.500. The van der Waals surface area contributed by atoms with Gasteiger partial charge in [-0.05, 0) is 31.9 Å². The van der Waals surface area contributed by atoms with Crippen molar-refractivity contribution >= 4 is 53.0 Å². The zero-order chi connectivity index (χ0) is 17.1. The van der Waals surface area contributed by atoms with Crippen LogP contribution in [0.1, 0.15) is 19.8 Å². The van der Waals surface area contributed by atoms with Crippen molar-refractivity contribution in [2.24, 2.45) is 5.92 Å². The Morgan fingerprint density at radius 1 is 1.54 bits per heavy atom. The first kappa shape index (κ1) is 17.8. The first-order valence-corrected chi connectivity index (χ1v) is 11.4. The molecule has 0 bridgehead atoms. The Labute approximate surface area is 158 Å². The number of fused-ring (bicyclic) bond motifs is 1. The zero-order valence-electron chi connectivity index (χ0n) is 13.8. The molecule has 0 amide bonds. The molecule has 0 aromatic carbocycles. The van der Waals surface area contributed by atoms with Crippen LogP contribution in [0.2, 0.25) is 0 Å². The molecule has 8 heteroatoms. The van der Waals surface area contributed by atoms with Gasteiger partial charge in [0.25, 0.3) is 0 Å². The van der Waals surface area contributed by atoms with Crippen LogP contribution in [-0.4, -0.2) is 46.7 Å². The third-order valence-corrected chi connectivity index (χ3v) is 6.12. The van der Waals surface area contributed by atoms with Gasteiger partial charge in [0.05, 0.1) is 18.2 Å². The number of rotatable bonds is 5. The smallest absolute Gasteiger partial charge is 0.310 e. The summed E-state index contributed by atoms with van der Waals surface area (Å²) in [6.45, 7) is 3.94. The first-order chi connectivity index (χ1) is 11.7. The van der Waals surface area contributed by atoms with Gasteiger partial charge in [0.2, 0.25) is 0 Å². The minimum absolute atomic E-state index is 0.0482. The second kappa shape index (κ2) is 7.92. The molecule has 1 saturated heterocycles. The van der Waals surface area contributed by atoms with Crippen LogP contribution in [0.25, 0.3) is 11.0 Å². The maximum absolute atomic E-state index is 12.1. The van der Waals surface area contributed by atoms with Gasteiger partial charge in [0.15, 0.2) is 5.65 Å². The Bertz CT molecular complexity index is 723. The van der Waals surface area contributed by atoms with Crippen molar-refractivity contribution in [3.05, 3.63) is 24.5 Å². The second-order valence-corrected chi connectivity index (χ2v) is 7.52. The lowest BCUT2D eigenvalue weighted by Gasteiger charge is -2.39. The molecule has 2 aromatic heterocycles. The lowest BCUT2D eigenvalue weighted by atomic mass is 9.99. The molecule has 3 heterocycles. The SMILES string of the molecule is CCOC(=O)C1CCCN(N(C)c2ccnc3c2ccn3SI)C1. The summed E-state index contributed by atoms with van der Waals surface area (Å²) in [7, 11) is 3.65. The Morgan fingerprint density at radius 2 is 2.38 bits per heavy atom. The molecule has 0 radical (unpaired) electrons. The van der Waals surface area contributed by atoms with E-state index in [1.807, 2.05) is 29.4 Å². The van der Waals surface area contributed by atoms with E-state index in [4.69, 9.17) is 4.74 Å². The summed E-state index contributed by atoms with van der Waals surface area (Å²) in [6, 6.07) is 4.12. The monoisotopic (exact) mass is 460 g/mol. The molecule has 1 atom stereocenters. The summed E-state index contributed by atoms with van der Waals surface area (Å²) >= 11 is 2.25. The molecule has 24 heavy (non-hydrogen) atoms. The van der Waals surface area contributed by atoms with Crippen LogP contribution in [0.3, 0.4) is 0 Å². The Balaban J connectivity index is 1.82. The molecule has 1 fully saturated rings. The summed E-state index contributed by atoms with van der Waals surface area (Å²) in [5, 5.41) is 5.49. The molecule has 0 spiro atoms. The second-order valence-electron chi connectivity index (χ2n) is 5.81. The van der Waals surface area contributed by atoms with E-state index < -0.39 is 0 Å². The van der Waals surface area contributed by atoms with Crippen molar-refractivity contribution in [3.8, 4) is 0 Å². The van der Waals surface area contributed by atoms with Crippen molar-refractivity contribution < 1.29 is 9.53 Å². The quantitative estimate of drug-likeness (QED) is 0.503.